The summed E-state index contributed by atoms with van der Waals surface area (Å²) in [7, 11) is 0. The molecule has 0 bridgehead atoms. The van der Waals surface area contributed by atoms with Gasteiger partial charge in [-0.25, -0.2) is 0 Å². The average Bonchev–Trinajstić information content (AvgIpc) is 2.90. The molecule has 0 saturated heterocycles. The normalized spacial score (nSPS) is 20.1. The first kappa shape index (κ1) is 24.2. The second-order valence-electron chi connectivity index (χ2n) is 11.4. The number of hydrogen-bond donors (Lipinski definition) is 1. The Bertz CT molecular complexity index is 1220. The molecule has 1 fully saturated rings. The van der Waals surface area contributed by atoms with Crippen molar-refractivity contribution in [3.8, 4) is 0 Å². The Labute approximate surface area is 216 Å². The van der Waals surface area contributed by atoms with E-state index >= 15 is 0 Å². The molecule has 0 aromatic heterocycles. The number of hydrogen-bond acceptors (Lipinski definition) is 2. The zero-order valence-corrected chi connectivity index (χ0v) is 21.8. The quantitative estimate of drug-likeness (QED) is 0.292. The van der Waals surface area contributed by atoms with Gasteiger partial charge >= 0.3 is 0 Å². The van der Waals surface area contributed by atoms with Crippen LogP contribution in [-0.2, 0) is 5.41 Å². The third-order valence-electron chi connectivity index (χ3n) is 8.15. The molecule has 5 rings (SSSR count). The fraction of sp³-hybridized carbons (Fsp3) is 0.294. The second-order valence-corrected chi connectivity index (χ2v) is 11.4. The number of nitrogen functional groups attached to an aromatic ring is 1. The highest BCUT2D eigenvalue weighted by Gasteiger charge is 2.42. The van der Waals surface area contributed by atoms with Crippen LogP contribution in [0.15, 0.2) is 109 Å². The Hall–Kier alpha value is -3.52. The van der Waals surface area contributed by atoms with E-state index in [-0.39, 0.29) is 10.8 Å². The highest BCUT2D eigenvalue weighted by molar-refractivity contribution is 5.76. The van der Waals surface area contributed by atoms with E-state index < -0.39 is 0 Å². The third-order valence-corrected chi connectivity index (χ3v) is 8.15. The molecule has 4 aromatic rings. The maximum absolute atomic E-state index is 6.09. The molecular weight excluding hydrogens is 436 g/mol. The predicted molar refractivity (Wildman–Crippen MR) is 154 cm³/mol. The van der Waals surface area contributed by atoms with E-state index in [2.05, 4.69) is 135 Å². The first-order valence-electron chi connectivity index (χ1n) is 13.2. The van der Waals surface area contributed by atoms with Crippen molar-refractivity contribution in [2.75, 3.05) is 10.6 Å². The van der Waals surface area contributed by atoms with Crippen LogP contribution in [0.1, 0.15) is 57.6 Å². The van der Waals surface area contributed by atoms with Crippen molar-refractivity contribution in [2.45, 2.75) is 51.9 Å². The number of nitrogens with two attached hydrogens (primary N) is 1. The van der Waals surface area contributed by atoms with Gasteiger partial charge in [0.2, 0.25) is 0 Å². The number of nitrogens with zero attached hydrogens (tertiary/aromatic N) is 1. The minimum absolute atomic E-state index is 0.00670. The summed E-state index contributed by atoms with van der Waals surface area (Å²) >= 11 is 0. The molecule has 2 N–H and O–H groups in total. The van der Waals surface area contributed by atoms with Crippen LogP contribution in [0.3, 0.4) is 0 Å². The number of para-hydroxylation sites is 2. The Morgan fingerprint density at radius 2 is 1.14 bits per heavy atom. The first-order valence-corrected chi connectivity index (χ1v) is 13.2. The fourth-order valence-electron chi connectivity index (χ4n) is 6.04. The topological polar surface area (TPSA) is 29.3 Å². The molecular formula is C34H38N2. The Morgan fingerprint density at radius 1 is 0.667 bits per heavy atom. The predicted octanol–water partition coefficient (Wildman–Crippen LogP) is 9.26. The van der Waals surface area contributed by atoms with E-state index in [9.17, 15) is 0 Å². The van der Waals surface area contributed by atoms with E-state index in [0.29, 0.717) is 5.92 Å². The SMILES string of the molecule is CC(C)(C)C1CCCC(c2ccc(N)cc2)(c2ccc(N(c3ccccc3)c3ccccc3)cc2)C1. The summed E-state index contributed by atoms with van der Waals surface area (Å²) in [6.07, 6.45) is 4.88. The molecule has 1 aliphatic carbocycles. The minimum Gasteiger partial charge on any atom is -0.399 e. The monoisotopic (exact) mass is 474 g/mol. The second kappa shape index (κ2) is 9.85. The molecule has 2 unspecified atom stereocenters. The zero-order valence-electron chi connectivity index (χ0n) is 21.8. The number of rotatable bonds is 5. The standard InChI is InChI=1S/C34H38N2/c1-33(2,3)28-11-10-24-34(25-28,26-16-20-29(35)21-17-26)27-18-22-32(23-19-27)36(30-12-6-4-7-13-30)31-14-8-5-9-15-31/h4-9,12-23,28H,10-11,24-25,35H2,1-3H3. The summed E-state index contributed by atoms with van der Waals surface area (Å²) < 4.78 is 0. The van der Waals surface area contributed by atoms with E-state index in [4.69, 9.17) is 5.73 Å². The van der Waals surface area contributed by atoms with Crippen LogP contribution in [0.4, 0.5) is 22.7 Å². The molecule has 1 aliphatic rings. The van der Waals surface area contributed by atoms with Gasteiger partial charge in [-0.05, 0) is 90.3 Å². The smallest absolute Gasteiger partial charge is 0.0461 e. The van der Waals surface area contributed by atoms with Crippen molar-refractivity contribution in [3.05, 3.63) is 120 Å². The molecule has 4 aromatic carbocycles. The van der Waals surface area contributed by atoms with Crippen LogP contribution in [0.25, 0.3) is 0 Å². The summed E-state index contributed by atoms with van der Waals surface area (Å²) in [5.41, 5.74) is 13.5. The van der Waals surface area contributed by atoms with Crippen molar-refractivity contribution in [1.29, 1.82) is 0 Å². The van der Waals surface area contributed by atoms with Crippen molar-refractivity contribution >= 4 is 22.7 Å². The summed E-state index contributed by atoms with van der Waals surface area (Å²) in [6, 6.07) is 39.2. The van der Waals surface area contributed by atoms with Crippen LogP contribution >= 0.6 is 0 Å². The maximum Gasteiger partial charge on any atom is 0.0461 e. The zero-order chi connectivity index (χ0) is 25.2. The first-order chi connectivity index (χ1) is 17.4. The molecule has 184 valence electrons. The van der Waals surface area contributed by atoms with Crippen LogP contribution < -0.4 is 10.6 Å². The molecule has 1 saturated carbocycles. The number of anilines is 4. The van der Waals surface area contributed by atoms with E-state index in [1.54, 1.807) is 0 Å². The van der Waals surface area contributed by atoms with Crippen molar-refractivity contribution in [1.82, 2.24) is 0 Å². The molecule has 0 spiro atoms. The highest BCUT2D eigenvalue weighted by atomic mass is 15.1. The summed E-state index contributed by atoms with van der Waals surface area (Å²) in [5.74, 6) is 0.675. The lowest BCUT2D eigenvalue weighted by Crippen LogP contribution is -2.38. The molecule has 0 heterocycles. The van der Waals surface area contributed by atoms with Crippen molar-refractivity contribution < 1.29 is 0 Å². The van der Waals surface area contributed by atoms with Gasteiger partial charge in [0, 0.05) is 28.2 Å². The van der Waals surface area contributed by atoms with Crippen LogP contribution in [0, 0.1) is 11.3 Å². The van der Waals surface area contributed by atoms with Crippen LogP contribution in [-0.4, -0.2) is 0 Å². The average molecular weight is 475 g/mol. The molecule has 0 radical (unpaired) electrons. The lowest BCUT2D eigenvalue weighted by atomic mass is 9.58. The van der Waals surface area contributed by atoms with E-state index in [1.165, 1.54) is 42.5 Å². The van der Waals surface area contributed by atoms with E-state index in [1.807, 2.05) is 0 Å². The maximum atomic E-state index is 6.09. The van der Waals surface area contributed by atoms with Crippen LogP contribution in [0.2, 0.25) is 0 Å². The van der Waals surface area contributed by atoms with Gasteiger partial charge in [0.1, 0.15) is 0 Å². The summed E-state index contributed by atoms with van der Waals surface area (Å²) in [6.45, 7) is 7.20. The highest BCUT2D eigenvalue weighted by Crippen LogP contribution is 2.51. The minimum atomic E-state index is 0.00670. The van der Waals surface area contributed by atoms with Crippen LogP contribution in [0.5, 0.6) is 0 Å². The Morgan fingerprint density at radius 3 is 1.64 bits per heavy atom. The molecule has 0 amide bonds. The Balaban J connectivity index is 1.58. The van der Waals surface area contributed by atoms with Gasteiger partial charge in [0.05, 0.1) is 0 Å². The Kier molecular flexibility index (Phi) is 6.62. The summed E-state index contributed by atoms with van der Waals surface area (Å²) in [5, 5.41) is 0. The molecule has 0 aliphatic heterocycles. The van der Waals surface area contributed by atoms with Gasteiger partial charge in [-0.2, -0.15) is 0 Å². The van der Waals surface area contributed by atoms with Gasteiger partial charge in [-0.1, -0.05) is 87.9 Å². The van der Waals surface area contributed by atoms with Crippen molar-refractivity contribution in [3.63, 3.8) is 0 Å². The summed E-state index contributed by atoms with van der Waals surface area (Å²) in [4.78, 5) is 2.33. The van der Waals surface area contributed by atoms with Gasteiger partial charge in [-0.3, -0.25) is 0 Å². The third kappa shape index (κ3) is 4.78. The molecule has 2 nitrogen and oxygen atoms in total. The lowest BCUT2D eigenvalue weighted by molar-refractivity contribution is 0.137. The van der Waals surface area contributed by atoms with Gasteiger partial charge < -0.3 is 10.6 Å². The number of benzene rings is 4. The van der Waals surface area contributed by atoms with Gasteiger partial charge in [-0.15, -0.1) is 0 Å². The lowest BCUT2D eigenvalue weighted by Gasteiger charge is -2.46. The largest absolute Gasteiger partial charge is 0.399 e. The molecule has 36 heavy (non-hydrogen) atoms. The molecule has 2 atom stereocenters. The van der Waals surface area contributed by atoms with Gasteiger partial charge in [0.15, 0.2) is 0 Å². The van der Waals surface area contributed by atoms with Gasteiger partial charge in [0.25, 0.3) is 0 Å². The molecule has 2 heteroatoms. The van der Waals surface area contributed by atoms with E-state index in [0.717, 1.165) is 17.1 Å². The van der Waals surface area contributed by atoms with Crippen molar-refractivity contribution in [2.24, 2.45) is 11.3 Å². The fourth-order valence-corrected chi connectivity index (χ4v) is 6.04.